The lowest BCUT2D eigenvalue weighted by molar-refractivity contribution is 0.0447. The van der Waals surface area contributed by atoms with Crippen molar-refractivity contribution in [2.75, 3.05) is 34.5 Å². The molecule has 1 aliphatic heterocycles. The maximum atomic E-state index is 6.38. The van der Waals surface area contributed by atoms with Gasteiger partial charge in [0, 0.05) is 18.6 Å². The summed E-state index contributed by atoms with van der Waals surface area (Å²) in [7, 11) is 4.81. The van der Waals surface area contributed by atoms with Gasteiger partial charge in [-0.05, 0) is 30.5 Å². The van der Waals surface area contributed by atoms with Gasteiger partial charge in [0.1, 0.15) is 0 Å². The number of ether oxygens (including phenoxy) is 4. The van der Waals surface area contributed by atoms with Crippen LogP contribution in [0.1, 0.15) is 24.4 Å². The van der Waals surface area contributed by atoms with E-state index >= 15 is 0 Å². The van der Waals surface area contributed by atoms with Crippen LogP contribution in [0.15, 0.2) is 12.1 Å². The van der Waals surface area contributed by atoms with Crippen LogP contribution >= 0.6 is 0 Å². The fourth-order valence-electron chi connectivity index (χ4n) is 2.61. The van der Waals surface area contributed by atoms with E-state index in [0.717, 1.165) is 25.0 Å². The summed E-state index contributed by atoms with van der Waals surface area (Å²) in [6, 6.07) is 3.74. The highest BCUT2D eigenvalue weighted by atomic mass is 16.5. The third-order valence-corrected chi connectivity index (χ3v) is 3.78. The van der Waals surface area contributed by atoms with E-state index in [9.17, 15) is 0 Å². The van der Waals surface area contributed by atoms with Gasteiger partial charge in [-0.15, -0.1) is 0 Å². The zero-order chi connectivity index (χ0) is 14.5. The van der Waals surface area contributed by atoms with Crippen molar-refractivity contribution in [1.29, 1.82) is 0 Å². The SMILES string of the molecule is COc1cc(C(N)C2CCCOC2)cc(OC)c1OC. The molecule has 0 saturated carbocycles. The van der Waals surface area contributed by atoms with Gasteiger partial charge in [-0.1, -0.05) is 0 Å². The predicted octanol–water partition coefficient (Wildman–Crippen LogP) is 2.14. The Hall–Kier alpha value is -1.46. The highest BCUT2D eigenvalue weighted by molar-refractivity contribution is 5.54. The van der Waals surface area contributed by atoms with E-state index in [1.54, 1.807) is 21.3 Å². The van der Waals surface area contributed by atoms with Crippen molar-refractivity contribution in [2.24, 2.45) is 11.7 Å². The number of hydrogen-bond donors (Lipinski definition) is 1. The Kier molecular flexibility index (Phi) is 5.09. The van der Waals surface area contributed by atoms with Crippen molar-refractivity contribution >= 4 is 0 Å². The Morgan fingerprint density at radius 2 is 1.80 bits per heavy atom. The van der Waals surface area contributed by atoms with Crippen molar-refractivity contribution in [2.45, 2.75) is 18.9 Å². The molecule has 1 aromatic carbocycles. The molecular formula is C15H23NO4. The molecule has 1 aromatic rings. The number of benzene rings is 1. The molecule has 0 bridgehead atoms. The number of rotatable bonds is 5. The van der Waals surface area contributed by atoms with E-state index in [1.165, 1.54) is 0 Å². The molecular weight excluding hydrogens is 258 g/mol. The van der Waals surface area contributed by atoms with Gasteiger partial charge in [-0.2, -0.15) is 0 Å². The van der Waals surface area contributed by atoms with Crippen LogP contribution in [-0.4, -0.2) is 34.5 Å². The topological polar surface area (TPSA) is 62.9 Å². The Morgan fingerprint density at radius 1 is 1.15 bits per heavy atom. The molecule has 0 amide bonds. The standard InChI is InChI=1S/C15H23NO4/c1-17-12-7-11(8-13(18-2)15(12)19-3)14(16)10-5-4-6-20-9-10/h7-8,10,14H,4-6,9,16H2,1-3H3. The highest BCUT2D eigenvalue weighted by Crippen LogP contribution is 2.41. The smallest absolute Gasteiger partial charge is 0.203 e. The zero-order valence-corrected chi connectivity index (χ0v) is 12.3. The molecule has 0 spiro atoms. The lowest BCUT2D eigenvalue weighted by Crippen LogP contribution is -2.29. The Balaban J connectivity index is 2.30. The summed E-state index contributed by atoms with van der Waals surface area (Å²) in [4.78, 5) is 0. The van der Waals surface area contributed by atoms with E-state index in [4.69, 9.17) is 24.7 Å². The molecule has 5 nitrogen and oxygen atoms in total. The van der Waals surface area contributed by atoms with Gasteiger partial charge in [0.2, 0.25) is 5.75 Å². The Morgan fingerprint density at radius 3 is 2.25 bits per heavy atom. The lowest BCUT2D eigenvalue weighted by Gasteiger charge is -2.28. The van der Waals surface area contributed by atoms with E-state index in [1.807, 2.05) is 12.1 Å². The van der Waals surface area contributed by atoms with Crippen molar-refractivity contribution in [3.8, 4) is 17.2 Å². The molecule has 2 rings (SSSR count). The first-order valence-corrected chi connectivity index (χ1v) is 6.84. The summed E-state index contributed by atoms with van der Waals surface area (Å²) in [5.41, 5.74) is 7.36. The van der Waals surface area contributed by atoms with E-state index in [-0.39, 0.29) is 6.04 Å². The maximum Gasteiger partial charge on any atom is 0.203 e. The zero-order valence-electron chi connectivity index (χ0n) is 12.3. The first kappa shape index (κ1) is 14.9. The molecule has 1 aliphatic rings. The first-order chi connectivity index (χ1) is 9.71. The molecule has 0 radical (unpaired) electrons. The maximum absolute atomic E-state index is 6.38. The van der Waals surface area contributed by atoms with Gasteiger partial charge >= 0.3 is 0 Å². The minimum absolute atomic E-state index is 0.0935. The lowest BCUT2D eigenvalue weighted by atomic mass is 9.89. The van der Waals surface area contributed by atoms with Gasteiger partial charge in [0.15, 0.2) is 11.5 Å². The van der Waals surface area contributed by atoms with Crippen LogP contribution in [0.5, 0.6) is 17.2 Å². The minimum Gasteiger partial charge on any atom is -0.493 e. The summed E-state index contributed by atoms with van der Waals surface area (Å²) >= 11 is 0. The molecule has 1 saturated heterocycles. The molecule has 2 N–H and O–H groups in total. The second kappa shape index (κ2) is 6.81. The summed E-state index contributed by atoms with van der Waals surface area (Å²) < 4.78 is 21.6. The molecule has 2 unspecified atom stereocenters. The van der Waals surface area contributed by atoms with Crippen LogP contribution in [0.2, 0.25) is 0 Å². The second-order valence-electron chi connectivity index (χ2n) is 4.96. The molecule has 0 aliphatic carbocycles. The van der Waals surface area contributed by atoms with Crippen LogP contribution in [0.25, 0.3) is 0 Å². The van der Waals surface area contributed by atoms with Gasteiger partial charge in [0.05, 0.1) is 27.9 Å². The molecule has 2 atom stereocenters. The average molecular weight is 281 g/mol. The molecule has 5 heteroatoms. The fraction of sp³-hybridized carbons (Fsp3) is 0.600. The van der Waals surface area contributed by atoms with Crippen LogP contribution in [0.4, 0.5) is 0 Å². The Labute approximate surface area is 120 Å². The van der Waals surface area contributed by atoms with Crippen molar-refractivity contribution in [3.05, 3.63) is 17.7 Å². The van der Waals surface area contributed by atoms with E-state index < -0.39 is 0 Å². The second-order valence-corrected chi connectivity index (χ2v) is 4.96. The minimum atomic E-state index is -0.0935. The van der Waals surface area contributed by atoms with Crippen LogP contribution in [0, 0.1) is 5.92 Å². The fourth-order valence-corrected chi connectivity index (χ4v) is 2.61. The first-order valence-electron chi connectivity index (χ1n) is 6.84. The van der Waals surface area contributed by atoms with Crippen molar-refractivity contribution < 1.29 is 18.9 Å². The normalized spacial score (nSPS) is 20.3. The van der Waals surface area contributed by atoms with Crippen molar-refractivity contribution in [3.63, 3.8) is 0 Å². The average Bonchev–Trinajstić information content (AvgIpc) is 2.53. The number of methoxy groups -OCH3 is 3. The molecule has 20 heavy (non-hydrogen) atoms. The summed E-state index contributed by atoms with van der Waals surface area (Å²) in [5, 5.41) is 0. The monoisotopic (exact) mass is 281 g/mol. The summed E-state index contributed by atoms with van der Waals surface area (Å²) in [5.74, 6) is 2.18. The van der Waals surface area contributed by atoms with Gasteiger partial charge in [0.25, 0.3) is 0 Å². The summed E-state index contributed by atoms with van der Waals surface area (Å²) in [6.07, 6.45) is 2.14. The number of hydrogen-bond acceptors (Lipinski definition) is 5. The third kappa shape index (κ3) is 2.99. The van der Waals surface area contributed by atoms with E-state index in [2.05, 4.69) is 0 Å². The molecule has 1 heterocycles. The molecule has 1 fully saturated rings. The van der Waals surface area contributed by atoms with Crippen LogP contribution in [0.3, 0.4) is 0 Å². The largest absolute Gasteiger partial charge is 0.493 e. The van der Waals surface area contributed by atoms with Crippen LogP contribution < -0.4 is 19.9 Å². The highest BCUT2D eigenvalue weighted by Gasteiger charge is 2.25. The number of nitrogens with two attached hydrogens (primary N) is 1. The van der Waals surface area contributed by atoms with Crippen molar-refractivity contribution in [1.82, 2.24) is 0 Å². The van der Waals surface area contributed by atoms with Gasteiger partial charge < -0.3 is 24.7 Å². The third-order valence-electron chi connectivity index (χ3n) is 3.78. The van der Waals surface area contributed by atoms with E-state index in [0.29, 0.717) is 29.8 Å². The summed E-state index contributed by atoms with van der Waals surface area (Å²) in [6.45, 7) is 1.54. The predicted molar refractivity (Wildman–Crippen MR) is 76.6 cm³/mol. The molecule has 112 valence electrons. The van der Waals surface area contributed by atoms with Gasteiger partial charge in [-0.25, -0.2) is 0 Å². The quantitative estimate of drug-likeness (QED) is 0.896. The van der Waals surface area contributed by atoms with Gasteiger partial charge in [-0.3, -0.25) is 0 Å². The molecule has 0 aromatic heterocycles. The Bertz CT molecular complexity index is 418. The van der Waals surface area contributed by atoms with Crippen LogP contribution in [-0.2, 0) is 4.74 Å².